The van der Waals surface area contributed by atoms with Crippen LogP contribution in [-0.2, 0) is 18.3 Å². The second kappa shape index (κ2) is 5.94. The van der Waals surface area contributed by atoms with E-state index in [0.717, 1.165) is 5.75 Å². The van der Waals surface area contributed by atoms with Crippen LogP contribution in [0.2, 0.25) is 0 Å². The van der Waals surface area contributed by atoms with Crippen molar-refractivity contribution >= 4 is 11.6 Å². The number of carbonyl (C=O) groups excluding carboxylic acids is 1. The lowest BCUT2D eigenvalue weighted by molar-refractivity contribution is -0.115. The lowest BCUT2D eigenvalue weighted by Crippen LogP contribution is -2.17. The number of tetrazole rings is 1. The third kappa shape index (κ3) is 3.51. The highest BCUT2D eigenvalue weighted by Gasteiger charge is 2.09. The van der Waals surface area contributed by atoms with Gasteiger partial charge in [-0.15, -0.1) is 5.10 Å². The van der Waals surface area contributed by atoms with Crippen molar-refractivity contribution in [1.29, 1.82) is 0 Å². The van der Waals surface area contributed by atoms with Gasteiger partial charge in [-0.3, -0.25) is 4.79 Å². The highest BCUT2D eigenvalue weighted by atomic mass is 16.5. The molecule has 0 aliphatic rings. The van der Waals surface area contributed by atoms with Gasteiger partial charge in [-0.05, 0) is 41.6 Å². The van der Waals surface area contributed by atoms with Crippen molar-refractivity contribution in [3.05, 3.63) is 30.1 Å². The van der Waals surface area contributed by atoms with Crippen LogP contribution in [0.3, 0.4) is 0 Å². The molecule has 19 heavy (non-hydrogen) atoms. The largest absolute Gasteiger partial charge is 0.494 e. The topological polar surface area (TPSA) is 81.9 Å². The van der Waals surface area contributed by atoms with Crippen LogP contribution in [0.5, 0.6) is 5.75 Å². The third-order valence-electron chi connectivity index (χ3n) is 2.48. The van der Waals surface area contributed by atoms with Crippen LogP contribution < -0.4 is 10.1 Å². The van der Waals surface area contributed by atoms with Crippen LogP contribution in [0.1, 0.15) is 12.7 Å². The van der Waals surface area contributed by atoms with Crippen molar-refractivity contribution in [1.82, 2.24) is 20.2 Å². The Balaban J connectivity index is 1.93. The molecule has 1 aromatic heterocycles. The molecule has 7 nitrogen and oxygen atoms in total. The highest BCUT2D eigenvalue weighted by Crippen LogP contribution is 2.15. The molecule has 0 atom stereocenters. The summed E-state index contributed by atoms with van der Waals surface area (Å²) < 4.78 is 6.79. The number of rotatable bonds is 5. The van der Waals surface area contributed by atoms with Crippen molar-refractivity contribution in [3.63, 3.8) is 0 Å². The zero-order chi connectivity index (χ0) is 13.7. The summed E-state index contributed by atoms with van der Waals surface area (Å²) in [6, 6.07) is 7.20. The minimum Gasteiger partial charge on any atom is -0.494 e. The Hall–Kier alpha value is -2.44. The number of aryl methyl sites for hydroxylation is 1. The fourth-order valence-electron chi connectivity index (χ4n) is 1.55. The summed E-state index contributed by atoms with van der Waals surface area (Å²) in [6.07, 6.45) is 0.136. The Bertz CT molecular complexity index is 550. The molecule has 0 aliphatic heterocycles. The van der Waals surface area contributed by atoms with Crippen molar-refractivity contribution in [2.24, 2.45) is 7.05 Å². The molecule has 0 spiro atoms. The van der Waals surface area contributed by atoms with Crippen LogP contribution in [0, 0.1) is 0 Å². The van der Waals surface area contributed by atoms with Crippen LogP contribution in [0.25, 0.3) is 0 Å². The van der Waals surface area contributed by atoms with Gasteiger partial charge in [-0.25, -0.2) is 4.68 Å². The van der Waals surface area contributed by atoms with Crippen molar-refractivity contribution < 1.29 is 9.53 Å². The average Bonchev–Trinajstić information content (AvgIpc) is 2.78. The summed E-state index contributed by atoms with van der Waals surface area (Å²) in [4.78, 5) is 11.8. The summed E-state index contributed by atoms with van der Waals surface area (Å²) in [5.41, 5.74) is 0.712. The van der Waals surface area contributed by atoms with Crippen molar-refractivity contribution in [2.45, 2.75) is 13.3 Å². The fraction of sp³-hybridized carbons (Fsp3) is 0.333. The predicted octanol–water partition coefficient (Wildman–Crippen LogP) is 0.790. The van der Waals surface area contributed by atoms with Gasteiger partial charge in [-0.1, -0.05) is 0 Å². The summed E-state index contributed by atoms with van der Waals surface area (Å²) in [6.45, 7) is 2.54. The Morgan fingerprint density at radius 3 is 2.68 bits per heavy atom. The molecule has 0 bridgehead atoms. The van der Waals surface area contributed by atoms with Crippen LogP contribution >= 0.6 is 0 Å². The van der Waals surface area contributed by atoms with Gasteiger partial charge < -0.3 is 10.1 Å². The number of nitrogens with one attached hydrogen (secondary N) is 1. The van der Waals surface area contributed by atoms with E-state index in [1.165, 1.54) is 4.68 Å². The summed E-state index contributed by atoms with van der Waals surface area (Å²) >= 11 is 0. The number of hydrogen-bond acceptors (Lipinski definition) is 5. The van der Waals surface area contributed by atoms with Gasteiger partial charge in [0.2, 0.25) is 5.91 Å². The van der Waals surface area contributed by atoms with Gasteiger partial charge in [0.1, 0.15) is 5.75 Å². The molecule has 0 aliphatic carbocycles. The number of carbonyl (C=O) groups is 1. The quantitative estimate of drug-likeness (QED) is 0.860. The molecule has 100 valence electrons. The Morgan fingerprint density at radius 1 is 1.37 bits per heavy atom. The first kappa shape index (κ1) is 13.0. The number of nitrogens with zero attached hydrogens (tertiary/aromatic N) is 4. The standard InChI is InChI=1S/C12H15N5O2/c1-3-19-10-6-4-9(5-7-10)13-12(18)8-11-14-15-16-17(11)2/h4-7H,3,8H2,1-2H3,(H,13,18). The van der Waals surface area contributed by atoms with Gasteiger partial charge in [0.05, 0.1) is 13.0 Å². The highest BCUT2D eigenvalue weighted by molar-refractivity contribution is 5.91. The Labute approximate surface area is 110 Å². The molecule has 0 saturated carbocycles. The minimum atomic E-state index is -0.165. The molecule has 2 rings (SSSR count). The minimum absolute atomic E-state index is 0.136. The molecule has 0 saturated heterocycles. The smallest absolute Gasteiger partial charge is 0.232 e. The van der Waals surface area contributed by atoms with Crippen molar-refractivity contribution in [3.8, 4) is 5.75 Å². The van der Waals surface area contributed by atoms with Gasteiger partial charge in [0.15, 0.2) is 5.82 Å². The average molecular weight is 261 g/mol. The molecule has 1 aromatic carbocycles. The van der Waals surface area contributed by atoms with E-state index in [9.17, 15) is 4.79 Å². The second-order valence-corrected chi connectivity index (χ2v) is 3.90. The van der Waals surface area contributed by atoms with E-state index in [1.54, 1.807) is 19.2 Å². The maximum atomic E-state index is 11.8. The van der Waals surface area contributed by atoms with E-state index in [1.807, 2.05) is 19.1 Å². The number of aromatic nitrogens is 4. The van der Waals surface area contributed by atoms with E-state index in [4.69, 9.17) is 4.74 Å². The first-order valence-electron chi connectivity index (χ1n) is 5.93. The van der Waals surface area contributed by atoms with Crippen LogP contribution in [0.15, 0.2) is 24.3 Å². The molecular weight excluding hydrogens is 246 g/mol. The van der Waals surface area contributed by atoms with Gasteiger partial charge in [0, 0.05) is 12.7 Å². The van der Waals surface area contributed by atoms with Gasteiger partial charge in [-0.2, -0.15) is 0 Å². The number of benzene rings is 1. The first-order valence-corrected chi connectivity index (χ1v) is 5.93. The van der Waals surface area contributed by atoms with Crippen LogP contribution in [-0.4, -0.2) is 32.7 Å². The predicted molar refractivity (Wildman–Crippen MR) is 68.7 cm³/mol. The maximum Gasteiger partial charge on any atom is 0.232 e. The third-order valence-corrected chi connectivity index (χ3v) is 2.48. The molecule has 1 amide bonds. The Kier molecular flexibility index (Phi) is 4.07. The Morgan fingerprint density at radius 2 is 2.11 bits per heavy atom. The molecule has 1 N–H and O–H groups in total. The SMILES string of the molecule is CCOc1ccc(NC(=O)Cc2nnnn2C)cc1. The molecule has 0 unspecified atom stereocenters. The number of amides is 1. The molecular formula is C12H15N5O2. The number of ether oxygens (including phenoxy) is 1. The van der Waals surface area contributed by atoms with E-state index in [2.05, 4.69) is 20.8 Å². The number of anilines is 1. The zero-order valence-corrected chi connectivity index (χ0v) is 10.8. The molecule has 0 fully saturated rings. The lowest BCUT2D eigenvalue weighted by atomic mass is 10.3. The maximum absolute atomic E-state index is 11.8. The summed E-state index contributed by atoms with van der Waals surface area (Å²) in [5.74, 6) is 1.13. The number of hydrogen-bond donors (Lipinski definition) is 1. The molecule has 1 heterocycles. The normalized spacial score (nSPS) is 10.2. The fourth-order valence-corrected chi connectivity index (χ4v) is 1.55. The van der Waals surface area contributed by atoms with E-state index < -0.39 is 0 Å². The second-order valence-electron chi connectivity index (χ2n) is 3.90. The van der Waals surface area contributed by atoms with Gasteiger partial charge >= 0.3 is 0 Å². The summed E-state index contributed by atoms with van der Waals surface area (Å²) in [7, 11) is 1.69. The first-order chi connectivity index (χ1) is 9.19. The lowest BCUT2D eigenvalue weighted by Gasteiger charge is -2.06. The zero-order valence-electron chi connectivity index (χ0n) is 10.8. The van der Waals surface area contributed by atoms with Crippen LogP contribution in [0.4, 0.5) is 5.69 Å². The van der Waals surface area contributed by atoms with E-state index in [-0.39, 0.29) is 12.3 Å². The summed E-state index contributed by atoms with van der Waals surface area (Å²) in [5, 5.41) is 13.7. The molecule has 7 heteroatoms. The van der Waals surface area contributed by atoms with E-state index >= 15 is 0 Å². The molecule has 0 radical (unpaired) electrons. The van der Waals surface area contributed by atoms with Gasteiger partial charge in [0.25, 0.3) is 0 Å². The molecule has 2 aromatic rings. The van der Waals surface area contributed by atoms with E-state index in [0.29, 0.717) is 18.1 Å². The van der Waals surface area contributed by atoms with Crippen molar-refractivity contribution in [2.75, 3.05) is 11.9 Å². The monoisotopic (exact) mass is 261 g/mol.